The van der Waals surface area contributed by atoms with Gasteiger partial charge < -0.3 is 35.5 Å². The van der Waals surface area contributed by atoms with E-state index < -0.39 is 61.1 Å². The second-order valence-electron chi connectivity index (χ2n) is 9.68. The van der Waals surface area contributed by atoms with E-state index >= 15 is 0 Å². The van der Waals surface area contributed by atoms with Crippen molar-refractivity contribution in [3.05, 3.63) is 54.2 Å². The molecular formula is C26H33BN4O8. The van der Waals surface area contributed by atoms with Crippen LogP contribution in [-0.2, 0) is 23.7 Å². The highest BCUT2D eigenvalue weighted by Gasteiger charge is 2.50. The van der Waals surface area contributed by atoms with Gasteiger partial charge in [0.2, 0.25) is 5.91 Å². The zero-order chi connectivity index (χ0) is 28.7. The number of aliphatic hydroxyl groups is 1. The number of hydrogen-bond acceptors (Lipinski definition) is 9. The number of carboxylic acids is 1. The molecule has 0 spiro atoms. The minimum absolute atomic E-state index is 0.0146. The van der Waals surface area contributed by atoms with E-state index in [-0.39, 0.29) is 11.6 Å². The Morgan fingerprint density at radius 2 is 1.74 bits per heavy atom. The molecule has 0 radical (unpaired) electrons. The van der Waals surface area contributed by atoms with Crippen molar-refractivity contribution in [1.82, 2.24) is 20.9 Å². The molecule has 1 fully saturated rings. The minimum Gasteiger partial charge on any atom is -0.506 e. The van der Waals surface area contributed by atoms with Crippen LogP contribution in [0.25, 0.3) is 11.3 Å². The van der Waals surface area contributed by atoms with Crippen LogP contribution in [0.3, 0.4) is 0 Å². The lowest BCUT2D eigenvalue weighted by molar-refractivity contribution is -0.148. The molecule has 0 aliphatic carbocycles. The van der Waals surface area contributed by atoms with Crippen LogP contribution in [0.5, 0.6) is 0 Å². The predicted octanol–water partition coefficient (Wildman–Crippen LogP) is 0.401. The lowest BCUT2D eigenvalue weighted by Gasteiger charge is -2.26. The number of likely N-dealkylation sites (N-methyl/N-ethyl adjacent to an activating group) is 1. The van der Waals surface area contributed by atoms with Crippen LogP contribution in [0.4, 0.5) is 0 Å². The number of aromatic nitrogens is 1. The molecule has 5 N–H and O–H groups in total. The molecule has 1 aliphatic rings. The summed E-state index contributed by atoms with van der Waals surface area (Å²) in [6, 6.07) is 11.4. The number of pyridine rings is 1. The first-order valence-electron chi connectivity index (χ1n) is 12.6. The molecule has 13 heteroatoms. The van der Waals surface area contributed by atoms with Gasteiger partial charge in [-0.1, -0.05) is 50.2 Å². The topological polar surface area (TPSA) is 176 Å². The molecule has 1 aromatic carbocycles. The molecule has 1 aliphatic heterocycles. The van der Waals surface area contributed by atoms with Gasteiger partial charge in [0.1, 0.15) is 17.8 Å². The molecule has 1 aromatic heterocycles. The number of amides is 2. The van der Waals surface area contributed by atoms with Gasteiger partial charge in [0.15, 0.2) is 6.10 Å². The van der Waals surface area contributed by atoms with Gasteiger partial charge in [-0.05, 0) is 38.4 Å². The summed E-state index contributed by atoms with van der Waals surface area (Å²) in [6.45, 7) is 5.10. The average Bonchev–Trinajstić information content (AvgIpc) is 3.28. The van der Waals surface area contributed by atoms with E-state index in [4.69, 9.17) is 9.31 Å². The lowest BCUT2D eigenvalue weighted by Crippen LogP contribution is -2.58. The molecule has 2 heterocycles. The Hall–Kier alpha value is -3.81. The zero-order valence-corrected chi connectivity index (χ0v) is 22.2. The van der Waals surface area contributed by atoms with Gasteiger partial charge in [-0.3, -0.25) is 19.2 Å². The Bertz CT molecular complexity index is 1180. The van der Waals surface area contributed by atoms with Gasteiger partial charge in [-0.15, -0.1) is 0 Å². The number of aliphatic carboxylic acids is 1. The molecular weight excluding hydrogens is 507 g/mol. The van der Waals surface area contributed by atoms with E-state index in [9.17, 15) is 29.4 Å². The molecule has 0 saturated carbocycles. The zero-order valence-electron chi connectivity index (χ0n) is 22.2. The maximum absolute atomic E-state index is 13.2. The highest BCUT2D eigenvalue weighted by atomic mass is 16.7. The van der Waals surface area contributed by atoms with Crippen LogP contribution >= 0.6 is 0 Å². The van der Waals surface area contributed by atoms with Crippen molar-refractivity contribution in [3.63, 3.8) is 0 Å². The number of nitrogens with one attached hydrogen (secondary N) is 3. The van der Waals surface area contributed by atoms with Crippen molar-refractivity contribution in [3.8, 4) is 11.3 Å². The fourth-order valence-electron chi connectivity index (χ4n) is 4.18. The van der Waals surface area contributed by atoms with Crippen molar-refractivity contribution in [2.75, 3.05) is 7.05 Å². The number of carbonyl (C=O) groups is 4. The van der Waals surface area contributed by atoms with E-state index in [0.717, 1.165) is 5.56 Å². The Kier molecular flexibility index (Phi) is 10.2. The second-order valence-corrected chi connectivity index (χ2v) is 9.68. The fourth-order valence-corrected chi connectivity index (χ4v) is 4.18. The third-order valence-electron chi connectivity index (χ3n) is 6.11. The van der Waals surface area contributed by atoms with Crippen LogP contribution < -0.4 is 16.0 Å². The lowest BCUT2D eigenvalue weighted by atomic mass is 9.74. The highest BCUT2D eigenvalue weighted by Crippen LogP contribution is 2.21. The Morgan fingerprint density at radius 3 is 2.33 bits per heavy atom. The van der Waals surface area contributed by atoms with E-state index in [1.165, 1.54) is 20.0 Å². The summed E-state index contributed by atoms with van der Waals surface area (Å²) in [7, 11) is 0.106. The van der Waals surface area contributed by atoms with Crippen LogP contribution in [-0.4, -0.2) is 83.3 Å². The summed E-state index contributed by atoms with van der Waals surface area (Å²) < 4.78 is 10.9. The van der Waals surface area contributed by atoms with Gasteiger partial charge >= 0.3 is 19.1 Å². The molecule has 3 rings (SSSR count). The minimum atomic E-state index is -1.42. The van der Waals surface area contributed by atoms with E-state index in [1.807, 2.05) is 44.2 Å². The van der Waals surface area contributed by atoms with Crippen LogP contribution in [0, 0.1) is 5.92 Å². The molecule has 39 heavy (non-hydrogen) atoms. The third-order valence-corrected chi connectivity index (χ3v) is 6.11. The molecule has 12 nitrogen and oxygen atoms in total. The summed E-state index contributed by atoms with van der Waals surface area (Å²) >= 11 is 0. The molecule has 2 amide bonds. The summed E-state index contributed by atoms with van der Waals surface area (Å²) in [5, 5.41) is 27.4. The van der Waals surface area contributed by atoms with E-state index in [0.29, 0.717) is 12.1 Å². The van der Waals surface area contributed by atoms with Crippen LogP contribution in [0.15, 0.2) is 48.5 Å². The number of benzene rings is 1. The predicted molar refractivity (Wildman–Crippen MR) is 141 cm³/mol. The Balaban J connectivity index is 1.75. The van der Waals surface area contributed by atoms with Crippen molar-refractivity contribution in [2.45, 2.75) is 57.4 Å². The SMILES string of the molecule is CNC(C(=O)O)C1OB([C@H](CC(C)C)NC(=O)[C@@H](NC(=O)c2cccc(-c3ccccc3)n2)[C@@H](C)O)OC1=O. The van der Waals surface area contributed by atoms with Gasteiger partial charge in [-0.2, -0.15) is 0 Å². The van der Waals surface area contributed by atoms with Gasteiger partial charge in [-0.25, -0.2) is 4.98 Å². The van der Waals surface area contributed by atoms with Gasteiger partial charge in [0, 0.05) is 5.56 Å². The van der Waals surface area contributed by atoms with Crippen molar-refractivity contribution < 1.29 is 38.7 Å². The summed E-state index contributed by atoms with van der Waals surface area (Å²) in [6.07, 6.45) is -2.40. The van der Waals surface area contributed by atoms with Crippen molar-refractivity contribution >= 4 is 30.9 Å². The number of rotatable bonds is 12. The maximum Gasteiger partial charge on any atom is 0.552 e. The van der Waals surface area contributed by atoms with Crippen molar-refractivity contribution in [2.24, 2.45) is 5.92 Å². The first-order valence-corrected chi connectivity index (χ1v) is 12.6. The first-order chi connectivity index (χ1) is 18.5. The number of carboxylic acid groups (broad SMARTS) is 1. The molecule has 208 valence electrons. The largest absolute Gasteiger partial charge is 0.552 e. The molecule has 2 unspecified atom stereocenters. The van der Waals surface area contributed by atoms with E-state index in [1.54, 1.807) is 12.1 Å². The molecule has 5 atom stereocenters. The number of carbonyl (C=O) groups excluding carboxylic acids is 3. The second kappa shape index (κ2) is 13.3. The highest BCUT2D eigenvalue weighted by molar-refractivity contribution is 6.51. The number of aliphatic hydroxyl groups excluding tert-OH is 1. The van der Waals surface area contributed by atoms with Crippen LogP contribution in [0.1, 0.15) is 37.7 Å². The number of hydrogen-bond donors (Lipinski definition) is 5. The summed E-state index contributed by atoms with van der Waals surface area (Å²) in [5.74, 6) is -4.46. The smallest absolute Gasteiger partial charge is 0.506 e. The average molecular weight is 540 g/mol. The maximum atomic E-state index is 13.2. The van der Waals surface area contributed by atoms with Crippen LogP contribution in [0.2, 0.25) is 0 Å². The van der Waals surface area contributed by atoms with Crippen molar-refractivity contribution in [1.29, 1.82) is 0 Å². The first kappa shape index (κ1) is 29.7. The normalized spacial score (nSPS) is 18.2. The summed E-state index contributed by atoms with van der Waals surface area (Å²) in [5.41, 5.74) is 1.42. The van der Waals surface area contributed by atoms with Gasteiger partial charge in [0.05, 0.1) is 17.7 Å². The Morgan fingerprint density at radius 1 is 1.05 bits per heavy atom. The third kappa shape index (κ3) is 7.62. The molecule has 1 saturated heterocycles. The fraction of sp³-hybridized carbons (Fsp3) is 0.423. The monoisotopic (exact) mass is 540 g/mol. The van der Waals surface area contributed by atoms with Gasteiger partial charge in [0.25, 0.3) is 5.91 Å². The van der Waals surface area contributed by atoms with E-state index in [2.05, 4.69) is 20.9 Å². The number of nitrogens with zero attached hydrogens (tertiary/aromatic N) is 1. The quantitative estimate of drug-likeness (QED) is 0.237. The Labute approximate surface area is 226 Å². The summed E-state index contributed by atoms with van der Waals surface area (Å²) in [4.78, 5) is 54.5. The molecule has 0 bridgehead atoms. The molecule has 2 aromatic rings. The standard InChI is InChI=1S/C26H33BN4O8/c1-14(2)13-19(27-38-22(26(37)39-27)21(28-4)25(35)36)30-24(34)20(15(3)32)31-23(33)18-12-8-11-17(29-18)16-9-6-5-7-10-16/h5-12,14-15,19-22,28,32H,13H2,1-4H3,(H,30,34)(H,31,33)(H,35,36)/t15-,19+,20+,21?,22?/m1/s1.